The third-order valence-corrected chi connectivity index (χ3v) is 7.69. The van der Waals surface area contributed by atoms with Gasteiger partial charge in [0.2, 0.25) is 0 Å². The maximum atomic E-state index is 2.41. The summed E-state index contributed by atoms with van der Waals surface area (Å²) >= 11 is 0. The number of nitrogens with zero attached hydrogens (tertiary/aromatic N) is 2. The summed E-state index contributed by atoms with van der Waals surface area (Å²) in [5.41, 5.74) is 12.3. The molecule has 2 aromatic heterocycles. The van der Waals surface area contributed by atoms with Gasteiger partial charge in [0.1, 0.15) is 0 Å². The van der Waals surface area contributed by atoms with Gasteiger partial charge in [-0.05, 0) is 78.6 Å². The lowest BCUT2D eigenvalue weighted by Crippen LogP contribution is -1.99. The van der Waals surface area contributed by atoms with Crippen LogP contribution >= 0.6 is 0 Å². The molecule has 38 heavy (non-hydrogen) atoms. The number of rotatable bonds is 4. The van der Waals surface area contributed by atoms with Crippen molar-refractivity contribution >= 4 is 21.8 Å². The second-order valence-corrected chi connectivity index (χ2v) is 9.90. The van der Waals surface area contributed by atoms with Crippen molar-refractivity contribution in [3.63, 3.8) is 0 Å². The molecule has 0 spiro atoms. The summed E-state index contributed by atoms with van der Waals surface area (Å²) < 4.78 is 4.81. The molecule has 0 amide bonds. The summed E-state index contributed by atoms with van der Waals surface area (Å²) in [6.45, 7) is 4.49. The predicted molar refractivity (Wildman–Crippen MR) is 160 cm³/mol. The summed E-state index contributed by atoms with van der Waals surface area (Å²) in [7, 11) is 0. The van der Waals surface area contributed by atoms with Crippen molar-refractivity contribution in [2.24, 2.45) is 0 Å². The van der Waals surface area contributed by atoms with Gasteiger partial charge in [-0.25, -0.2) is 0 Å². The van der Waals surface area contributed by atoms with Crippen LogP contribution < -0.4 is 0 Å². The fourth-order valence-electron chi connectivity index (χ4n) is 6.00. The summed E-state index contributed by atoms with van der Waals surface area (Å²) in [6, 6.07) is 47.8. The Morgan fingerprint density at radius 1 is 0.395 bits per heavy atom. The number of aromatic nitrogens is 2. The van der Waals surface area contributed by atoms with Gasteiger partial charge >= 0.3 is 0 Å². The second-order valence-electron chi connectivity index (χ2n) is 9.90. The maximum absolute atomic E-state index is 2.41. The van der Waals surface area contributed by atoms with Gasteiger partial charge in [-0.15, -0.1) is 0 Å². The van der Waals surface area contributed by atoms with E-state index in [-0.39, 0.29) is 0 Å². The van der Waals surface area contributed by atoms with Gasteiger partial charge in [-0.2, -0.15) is 0 Å². The Labute approximate surface area is 223 Å². The summed E-state index contributed by atoms with van der Waals surface area (Å²) in [5, 5.41) is 2.57. The monoisotopic (exact) mass is 488 g/mol. The molecule has 0 saturated heterocycles. The van der Waals surface area contributed by atoms with Gasteiger partial charge < -0.3 is 9.13 Å². The first-order valence-electron chi connectivity index (χ1n) is 13.1. The van der Waals surface area contributed by atoms with Crippen LogP contribution in [0.15, 0.2) is 133 Å². The Balaban J connectivity index is 1.51. The van der Waals surface area contributed by atoms with E-state index in [4.69, 9.17) is 0 Å². The van der Waals surface area contributed by atoms with E-state index < -0.39 is 0 Å². The van der Waals surface area contributed by atoms with Gasteiger partial charge in [0.25, 0.3) is 0 Å². The molecule has 0 atom stereocenters. The molecular formula is C36H28N2. The maximum Gasteiger partial charge on any atom is 0.0570 e. The van der Waals surface area contributed by atoms with E-state index in [1.165, 1.54) is 66.8 Å². The largest absolute Gasteiger partial charge is 0.309 e. The average molecular weight is 489 g/mol. The molecule has 2 nitrogen and oxygen atoms in total. The van der Waals surface area contributed by atoms with Crippen LogP contribution in [-0.2, 0) is 0 Å². The molecule has 0 saturated carbocycles. The Morgan fingerprint density at radius 2 is 0.789 bits per heavy atom. The minimum atomic E-state index is 1.17. The second kappa shape index (κ2) is 8.93. The third-order valence-electron chi connectivity index (χ3n) is 7.69. The van der Waals surface area contributed by atoms with Gasteiger partial charge in [0.05, 0.1) is 22.4 Å². The van der Waals surface area contributed by atoms with Crippen LogP contribution in [0, 0.1) is 13.8 Å². The molecular weight excluding hydrogens is 460 g/mol. The molecule has 7 rings (SSSR count). The lowest BCUT2D eigenvalue weighted by Gasteiger charge is -2.15. The van der Waals surface area contributed by atoms with Crippen molar-refractivity contribution in [3.8, 4) is 33.9 Å². The first-order chi connectivity index (χ1) is 18.7. The molecule has 2 heterocycles. The van der Waals surface area contributed by atoms with Crippen LogP contribution in [-0.4, -0.2) is 9.13 Å². The zero-order chi connectivity index (χ0) is 25.6. The summed E-state index contributed by atoms with van der Waals surface area (Å²) in [5.74, 6) is 0. The first kappa shape index (κ1) is 22.4. The zero-order valence-corrected chi connectivity index (χ0v) is 21.6. The van der Waals surface area contributed by atoms with Gasteiger partial charge in [0.15, 0.2) is 0 Å². The highest BCUT2D eigenvalue weighted by molar-refractivity contribution is 5.96. The van der Waals surface area contributed by atoms with Crippen molar-refractivity contribution in [2.75, 3.05) is 0 Å². The molecule has 0 aliphatic carbocycles. The van der Waals surface area contributed by atoms with E-state index in [1.807, 2.05) is 0 Å². The highest BCUT2D eigenvalue weighted by atomic mass is 15.0. The van der Waals surface area contributed by atoms with Crippen LogP contribution in [0.4, 0.5) is 0 Å². The van der Waals surface area contributed by atoms with E-state index in [0.29, 0.717) is 0 Å². The SMILES string of the molecule is Cc1c(-c2cccc(-c3c(C)c4ccccc4n3-c3ccccc3)c2)n(-c2ccccc2)c2ccccc12. The molecule has 0 aliphatic rings. The molecule has 7 aromatic rings. The van der Waals surface area contributed by atoms with E-state index in [9.17, 15) is 0 Å². The normalized spacial score (nSPS) is 11.4. The standard InChI is InChI=1S/C36H28N2/c1-25-31-20-9-11-22-33(31)37(29-16-5-3-6-17-29)35(25)27-14-13-15-28(24-27)36-26(2)32-21-10-12-23-34(32)38(36)30-18-7-4-8-19-30/h3-24H,1-2H3. The number of aryl methyl sites for hydroxylation is 2. The summed E-state index contributed by atoms with van der Waals surface area (Å²) in [4.78, 5) is 0. The van der Waals surface area contributed by atoms with Crippen LogP contribution in [0.1, 0.15) is 11.1 Å². The van der Waals surface area contributed by atoms with Crippen LogP contribution in [0.2, 0.25) is 0 Å². The lowest BCUT2D eigenvalue weighted by molar-refractivity contribution is 1.12. The molecule has 0 fully saturated rings. The Bertz CT molecular complexity index is 1780. The average Bonchev–Trinajstić information content (AvgIpc) is 3.45. The van der Waals surface area contributed by atoms with Crippen molar-refractivity contribution in [3.05, 3.63) is 145 Å². The van der Waals surface area contributed by atoms with Crippen molar-refractivity contribution < 1.29 is 0 Å². The topological polar surface area (TPSA) is 9.86 Å². The van der Waals surface area contributed by atoms with Gasteiger partial charge in [-0.3, -0.25) is 0 Å². The molecule has 182 valence electrons. The minimum Gasteiger partial charge on any atom is -0.309 e. The minimum absolute atomic E-state index is 1.17. The highest BCUT2D eigenvalue weighted by Crippen LogP contribution is 2.40. The molecule has 0 N–H and O–H groups in total. The molecule has 0 unspecified atom stereocenters. The quantitative estimate of drug-likeness (QED) is 0.233. The van der Waals surface area contributed by atoms with E-state index >= 15 is 0 Å². The highest BCUT2D eigenvalue weighted by Gasteiger charge is 2.20. The molecule has 2 heteroatoms. The Kier molecular flexibility index (Phi) is 5.26. The Hall–Kier alpha value is -4.82. The molecule has 5 aromatic carbocycles. The van der Waals surface area contributed by atoms with Crippen molar-refractivity contribution in [2.45, 2.75) is 13.8 Å². The zero-order valence-electron chi connectivity index (χ0n) is 21.6. The van der Waals surface area contributed by atoms with Gasteiger partial charge in [-0.1, -0.05) is 91.0 Å². The number of benzene rings is 5. The Morgan fingerprint density at radius 3 is 1.24 bits per heavy atom. The number of para-hydroxylation sites is 4. The third kappa shape index (κ3) is 3.42. The van der Waals surface area contributed by atoms with Gasteiger partial charge in [0, 0.05) is 22.1 Å². The first-order valence-corrected chi connectivity index (χ1v) is 13.1. The molecule has 0 bridgehead atoms. The number of fused-ring (bicyclic) bond motifs is 2. The van der Waals surface area contributed by atoms with E-state index in [2.05, 4.69) is 156 Å². The fraction of sp³-hybridized carbons (Fsp3) is 0.0556. The van der Waals surface area contributed by atoms with E-state index in [1.54, 1.807) is 0 Å². The number of hydrogen-bond acceptors (Lipinski definition) is 0. The number of hydrogen-bond donors (Lipinski definition) is 0. The lowest BCUT2D eigenvalue weighted by atomic mass is 10.0. The predicted octanol–water partition coefficient (Wildman–Crippen LogP) is 9.53. The molecule has 0 aliphatic heterocycles. The van der Waals surface area contributed by atoms with Crippen LogP contribution in [0.5, 0.6) is 0 Å². The van der Waals surface area contributed by atoms with Crippen LogP contribution in [0.25, 0.3) is 55.7 Å². The molecule has 0 radical (unpaired) electrons. The van der Waals surface area contributed by atoms with E-state index in [0.717, 1.165) is 0 Å². The summed E-state index contributed by atoms with van der Waals surface area (Å²) in [6.07, 6.45) is 0. The van der Waals surface area contributed by atoms with Crippen molar-refractivity contribution in [1.29, 1.82) is 0 Å². The van der Waals surface area contributed by atoms with Crippen LogP contribution in [0.3, 0.4) is 0 Å². The smallest absolute Gasteiger partial charge is 0.0570 e. The fourth-order valence-corrected chi connectivity index (χ4v) is 6.00. The van der Waals surface area contributed by atoms with Crippen molar-refractivity contribution in [1.82, 2.24) is 9.13 Å².